The standard InChI is InChI=1S/C16H18ClNO3S/c1-21-15-8-7-14(16(17)11-15)12-18-22(19,20)10-9-13-5-3-2-4-6-13/h2-8,11,18H,9-10,12H2,1H3. The van der Waals surface area contributed by atoms with Crippen LogP contribution in [0, 0.1) is 0 Å². The number of rotatable bonds is 7. The fraction of sp³-hybridized carbons (Fsp3) is 0.250. The van der Waals surface area contributed by atoms with E-state index >= 15 is 0 Å². The molecule has 0 atom stereocenters. The first kappa shape index (κ1) is 16.8. The van der Waals surface area contributed by atoms with E-state index in [0.717, 1.165) is 5.56 Å². The summed E-state index contributed by atoms with van der Waals surface area (Å²) >= 11 is 6.10. The van der Waals surface area contributed by atoms with Crippen LogP contribution in [0.4, 0.5) is 0 Å². The minimum atomic E-state index is -3.35. The van der Waals surface area contributed by atoms with Crippen LogP contribution in [-0.4, -0.2) is 21.3 Å². The first-order chi connectivity index (χ1) is 10.5. The molecular formula is C16H18ClNO3S. The second-order valence-corrected chi connectivity index (χ2v) is 7.17. The zero-order valence-electron chi connectivity index (χ0n) is 12.3. The van der Waals surface area contributed by atoms with Crippen molar-refractivity contribution in [1.29, 1.82) is 0 Å². The van der Waals surface area contributed by atoms with E-state index in [1.54, 1.807) is 25.3 Å². The highest BCUT2D eigenvalue weighted by atomic mass is 35.5. The van der Waals surface area contributed by atoms with Crippen LogP contribution in [0.25, 0.3) is 0 Å². The largest absolute Gasteiger partial charge is 0.497 e. The zero-order valence-corrected chi connectivity index (χ0v) is 13.8. The van der Waals surface area contributed by atoms with E-state index in [-0.39, 0.29) is 12.3 Å². The summed E-state index contributed by atoms with van der Waals surface area (Å²) in [6.45, 7) is 0.167. The van der Waals surface area contributed by atoms with Crippen molar-refractivity contribution in [3.63, 3.8) is 0 Å². The molecule has 0 saturated carbocycles. The van der Waals surface area contributed by atoms with Crippen molar-refractivity contribution in [1.82, 2.24) is 4.72 Å². The Kier molecular flexibility index (Phi) is 5.83. The van der Waals surface area contributed by atoms with Crippen LogP contribution in [0.15, 0.2) is 48.5 Å². The Balaban J connectivity index is 1.92. The summed E-state index contributed by atoms with van der Waals surface area (Å²) in [5, 5.41) is 0.477. The van der Waals surface area contributed by atoms with E-state index in [2.05, 4.69) is 4.72 Å². The fourth-order valence-corrected chi connectivity index (χ4v) is 3.22. The molecule has 118 valence electrons. The quantitative estimate of drug-likeness (QED) is 0.843. The molecule has 0 aliphatic rings. The number of aryl methyl sites for hydroxylation is 1. The van der Waals surface area contributed by atoms with Crippen molar-refractivity contribution in [3.8, 4) is 5.75 Å². The topological polar surface area (TPSA) is 55.4 Å². The third-order valence-corrected chi connectivity index (χ3v) is 4.92. The Morgan fingerprint density at radius 3 is 2.50 bits per heavy atom. The molecule has 0 amide bonds. The van der Waals surface area contributed by atoms with Crippen molar-refractivity contribution in [2.24, 2.45) is 0 Å². The molecule has 1 N–H and O–H groups in total. The lowest BCUT2D eigenvalue weighted by molar-refractivity contribution is 0.414. The van der Waals surface area contributed by atoms with Gasteiger partial charge in [-0.3, -0.25) is 0 Å². The van der Waals surface area contributed by atoms with Crippen molar-refractivity contribution < 1.29 is 13.2 Å². The molecule has 0 bridgehead atoms. The van der Waals surface area contributed by atoms with Crippen molar-refractivity contribution in [2.45, 2.75) is 13.0 Å². The summed E-state index contributed by atoms with van der Waals surface area (Å²) in [6, 6.07) is 14.7. The van der Waals surface area contributed by atoms with Crippen LogP contribution in [0.5, 0.6) is 5.75 Å². The molecule has 0 spiro atoms. The molecule has 6 heteroatoms. The lowest BCUT2D eigenvalue weighted by Gasteiger charge is -2.09. The number of sulfonamides is 1. The van der Waals surface area contributed by atoms with Gasteiger partial charge in [-0.25, -0.2) is 13.1 Å². The smallest absolute Gasteiger partial charge is 0.212 e. The van der Waals surface area contributed by atoms with E-state index < -0.39 is 10.0 Å². The summed E-state index contributed by atoms with van der Waals surface area (Å²) < 4.78 is 31.7. The monoisotopic (exact) mass is 339 g/mol. The van der Waals surface area contributed by atoms with Gasteiger partial charge >= 0.3 is 0 Å². The van der Waals surface area contributed by atoms with Crippen LogP contribution in [0.2, 0.25) is 5.02 Å². The highest BCUT2D eigenvalue weighted by molar-refractivity contribution is 7.89. The van der Waals surface area contributed by atoms with Crippen LogP contribution in [0.3, 0.4) is 0 Å². The molecule has 0 fully saturated rings. The highest BCUT2D eigenvalue weighted by Crippen LogP contribution is 2.22. The van der Waals surface area contributed by atoms with Gasteiger partial charge in [-0.05, 0) is 29.7 Å². The Bertz CT molecular complexity index is 717. The molecule has 0 saturated heterocycles. The van der Waals surface area contributed by atoms with Crippen molar-refractivity contribution in [3.05, 3.63) is 64.7 Å². The van der Waals surface area contributed by atoms with E-state index in [4.69, 9.17) is 16.3 Å². The molecule has 0 radical (unpaired) electrons. The molecule has 2 aromatic rings. The third-order valence-electron chi connectivity index (χ3n) is 3.25. The molecule has 0 aliphatic carbocycles. The molecule has 0 aromatic heterocycles. The lowest BCUT2D eigenvalue weighted by Crippen LogP contribution is -2.27. The van der Waals surface area contributed by atoms with Gasteiger partial charge in [0.25, 0.3) is 0 Å². The predicted molar refractivity (Wildman–Crippen MR) is 88.8 cm³/mol. The maximum absolute atomic E-state index is 12.0. The Hall–Kier alpha value is -1.56. The first-order valence-electron chi connectivity index (χ1n) is 6.84. The van der Waals surface area contributed by atoms with Gasteiger partial charge < -0.3 is 4.74 Å². The lowest BCUT2D eigenvalue weighted by atomic mass is 10.2. The Labute approximate surface area is 136 Å². The average Bonchev–Trinajstić information content (AvgIpc) is 2.53. The average molecular weight is 340 g/mol. The normalized spacial score (nSPS) is 11.4. The number of nitrogens with one attached hydrogen (secondary N) is 1. The number of hydrogen-bond acceptors (Lipinski definition) is 3. The summed E-state index contributed by atoms with van der Waals surface area (Å²) in [6.07, 6.45) is 0.479. The second kappa shape index (κ2) is 7.63. The molecule has 22 heavy (non-hydrogen) atoms. The molecular weight excluding hydrogens is 322 g/mol. The van der Waals surface area contributed by atoms with Crippen LogP contribution in [-0.2, 0) is 23.0 Å². The maximum atomic E-state index is 12.0. The van der Waals surface area contributed by atoms with Crippen molar-refractivity contribution in [2.75, 3.05) is 12.9 Å². The van der Waals surface area contributed by atoms with Gasteiger partial charge in [0, 0.05) is 11.6 Å². The minimum absolute atomic E-state index is 0.0464. The van der Waals surface area contributed by atoms with E-state index in [1.165, 1.54) is 0 Å². The predicted octanol–water partition coefficient (Wildman–Crippen LogP) is 3.01. The Morgan fingerprint density at radius 1 is 1.14 bits per heavy atom. The van der Waals surface area contributed by atoms with E-state index in [9.17, 15) is 8.42 Å². The molecule has 2 rings (SSSR count). The first-order valence-corrected chi connectivity index (χ1v) is 8.87. The van der Waals surface area contributed by atoms with Crippen LogP contribution >= 0.6 is 11.6 Å². The van der Waals surface area contributed by atoms with Gasteiger partial charge in [-0.2, -0.15) is 0 Å². The van der Waals surface area contributed by atoms with E-state index in [1.807, 2.05) is 30.3 Å². The van der Waals surface area contributed by atoms with Gasteiger partial charge in [-0.1, -0.05) is 48.0 Å². The summed E-state index contributed by atoms with van der Waals surface area (Å²) in [5.74, 6) is 0.686. The van der Waals surface area contributed by atoms with Gasteiger partial charge in [0.1, 0.15) is 5.75 Å². The van der Waals surface area contributed by atoms with Gasteiger partial charge in [-0.15, -0.1) is 0 Å². The minimum Gasteiger partial charge on any atom is -0.497 e. The van der Waals surface area contributed by atoms with Crippen LogP contribution < -0.4 is 9.46 Å². The molecule has 0 aliphatic heterocycles. The maximum Gasteiger partial charge on any atom is 0.212 e. The van der Waals surface area contributed by atoms with Crippen molar-refractivity contribution >= 4 is 21.6 Å². The number of benzene rings is 2. The Morgan fingerprint density at radius 2 is 1.86 bits per heavy atom. The number of hydrogen-bond donors (Lipinski definition) is 1. The SMILES string of the molecule is COc1ccc(CNS(=O)(=O)CCc2ccccc2)c(Cl)c1. The number of halogens is 1. The fourth-order valence-electron chi connectivity index (χ4n) is 1.96. The van der Waals surface area contributed by atoms with Gasteiger partial charge in [0.2, 0.25) is 10.0 Å². The summed E-state index contributed by atoms with van der Waals surface area (Å²) in [7, 11) is -1.80. The van der Waals surface area contributed by atoms with E-state index in [0.29, 0.717) is 22.8 Å². The third kappa shape index (κ3) is 5.02. The second-order valence-electron chi connectivity index (χ2n) is 4.83. The molecule has 4 nitrogen and oxygen atoms in total. The molecule has 0 unspecified atom stereocenters. The summed E-state index contributed by atoms with van der Waals surface area (Å²) in [4.78, 5) is 0. The summed E-state index contributed by atoms with van der Waals surface area (Å²) in [5.41, 5.74) is 1.71. The zero-order chi connectivity index (χ0) is 16.0. The molecule has 0 heterocycles. The number of ether oxygens (including phenoxy) is 1. The van der Waals surface area contributed by atoms with Gasteiger partial charge in [0.05, 0.1) is 12.9 Å². The van der Waals surface area contributed by atoms with Gasteiger partial charge in [0.15, 0.2) is 0 Å². The molecule has 2 aromatic carbocycles. The number of methoxy groups -OCH3 is 1. The highest BCUT2D eigenvalue weighted by Gasteiger charge is 2.11. The van der Waals surface area contributed by atoms with Crippen LogP contribution in [0.1, 0.15) is 11.1 Å².